The molecule has 170 valence electrons. The number of esters is 1. The Bertz CT molecular complexity index is 848. The van der Waals surface area contributed by atoms with Crippen LogP contribution in [0.4, 0.5) is 8.78 Å². The van der Waals surface area contributed by atoms with Gasteiger partial charge >= 0.3 is 11.2 Å². The van der Waals surface area contributed by atoms with Crippen molar-refractivity contribution in [1.82, 2.24) is 0 Å². The summed E-state index contributed by atoms with van der Waals surface area (Å²) in [5.74, 6) is -0.313. The molecule has 0 heterocycles. The summed E-state index contributed by atoms with van der Waals surface area (Å²) in [4.78, 5) is 23.7. The Hall–Kier alpha value is -1.75. The number of methoxy groups -OCH3 is 1. The SMILES string of the molecule is COc1ccc(C=O)c(C23CC4CC(CC(COC(=O)C(F)(F)SOOO)(C4)C2)C3)c1. The molecule has 0 spiro atoms. The van der Waals surface area contributed by atoms with Gasteiger partial charge in [-0.25, -0.2) is 10.1 Å². The number of ether oxygens (including phenoxy) is 2. The quantitative estimate of drug-likeness (QED) is 0.189. The number of halogens is 2. The molecule has 10 heteroatoms. The molecule has 7 nitrogen and oxygen atoms in total. The minimum Gasteiger partial charge on any atom is -0.497 e. The summed E-state index contributed by atoms with van der Waals surface area (Å²) in [5.41, 5.74) is 0.852. The van der Waals surface area contributed by atoms with Gasteiger partial charge in [0, 0.05) is 11.0 Å². The zero-order valence-electron chi connectivity index (χ0n) is 17.0. The van der Waals surface area contributed by atoms with Crippen LogP contribution in [0.15, 0.2) is 18.2 Å². The second-order valence-corrected chi connectivity index (χ2v) is 9.95. The molecule has 0 amide bonds. The Morgan fingerprint density at radius 1 is 1.29 bits per heavy atom. The van der Waals surface area contributed by atoms with Crippen molar-refractivity contribution in [3.05, 3.63) is 29.3 Å². The molecule has 2 unspecified atom stereocenters. The van der Waals surface area contributed by atoms with Gasteiger partial charge in [-0.3, -0.25) is 4.79 Å². The molecule has 1 aromatic rings. The van der Waals surface area contributed by atoms with Crippen LogP contribution in [-0.2, 0) is 24.3 Å². The second kappa shape index (κ2) is 8.31. The van der Waals surface area contributed by atoms with Crippen LogP contribution >= 0.6 is 12.0 Å². The van der Waals surface area contributed by atoms with Crippen LogP contribution in [0.3, 0.4) is 0 Å². The normalized spacial score (nSPS) is 31.5. The average Bonchev–Trinajstić information content (AvgIpc) is 2.74. The van der Waals surface area contributed by atoms with Crippen molar-refractivity contribution in [1.29, 1.82) is 0 Å². The summed E-state index contributed by atoms with van der Waals surface area (Å²) in [6, 6.07) is 5.42. The zero-order valence-corrected chi connectivity index (χ0v) is 17.8. The smallest absolute Gasteiger partial charge is 0.415 e. The van der Waals surface area contributed by atoms with E-state index in [1.165, 1.54) is 0 Å². The van der Waals surface area contributed by atoms with E-state index >= 15 is 0 Å². The number of hydrogen-bond donors (Lipinski definition) is 1. The van der Waals surface area contributed by atoms with Crippen molar-refractivity contribution in [2.45, 2.75) is 49.2 Å². The topological polar surface area (TPSA) is 91.3 Å². The van der Waals surface area contributed by atoms with E-state index in [4.69, 9.17) is 14.7 Å². The molecule has 4 saturated carbocycles. The Balaban J connectivity index is 1.58. The zero-order chi connectivity index (χ0) is 22.3. The minimum absolute atomic E-state index is 0.128. The van der Waals surface area contributed by atoms with Gasteiger partial charge in [-0.1, -0.05) is 5.04 Å². The first-order valence-electron chi connectivity index (χ1n) is 10.1. The summed E-state index contributed by atoms with van der Waals surface area (Å²) in [5, 5.41) is 7.18. The number of benzene rings is 1. The molecule has 2 atom stereocenters. The predicted octanol–water partition coefficient (Wildman–Crippen LogP) is 4.55. The van der Waals surface area contributed by atoms with Crippen molar-refractivity contribution >= 4 is 24.3 Å². The first kappa shape index (κ1) is 22.4. The second-order valence-electron chi connectivity index (χ2n) is 9.13. The van der Waals surface area contributed by atoms with Gasteiger partial charge in [0.15, 0.2) is 0 Å². The summed E-state index contributed by atoms with van der Waals surface area (Å²) >= 11 is -0.624. The summed E-state index contributed by atoms with van der Waals surface area (Å²) in [7, 11) is 1.57. The van der Waals surface area contributed by atoms with Crippen LogP contribution < -0.4 is 4.74 Å². The van der Waals surface area contributed by atoms with E-state index in [1.54, 1.807) is 19.2 Å². The highest BCUT2D eigenvalue weighted by molar-refractivity contribution is 7.96. The number of alkyl halides is 2. The fourth-order valence-electron chi connectivity index (χ4n) is 6.56. The molecule has 0 radical (unpaired) electrons. The molecule has 4 fully saturated rings. The summed E-state index contributed by atoms with van der Waals surface area (Å²) in [6.45, 7) is -0.128. The average molecular weight is 458 g/mol. The van der Waals surface area contributed by atoms with Gasteiger partial charge in [-0.15, -0.1) is 4.33 Å². The maximum absolute atomic E-state index is 13.8. The monoisotopic (exact) mass is 458 g/mol. The Labute approximate surface area is 182 Å². The van der Waals surface area contributed by atoms with E-state index in [0.29, 0.717) is 29.6 Å². The van der Waals surface area contributed by atoms with Crippen LogP contribution in [0.5, 0.6) is 5.75 Å². The van der Waals surface area contributed by atoms with Crippen LogP contribution in [0.1, 0.15) is 54.4 Å². The van der Waals surface area contributed by atoms with E-state index < -0.39 is 28.7 Å². The molecule has 4 aliphatic carbocycles. The number of rotatable bonds is 9. The van der Waals surface area contributed by atoms with E-state index in [0.717, 1.165) is 44.0 Å². The van der Waals surface area contributed by atoms with E-state index in [2.05, 4.69) is 9.37 Å². The number of carbonyl (C=O) groups is 2. The fourth-order valence-corrected chi connectivity index (χ4v) is 6.80. The molecular formula is C21H24F2O7S. The number of carbonyl (C=O) groups excluding carboxylic acids is 2. The molecule has 4 aliphatic rings. The van der Waals surface area contributed by atoms with E-state index in [1.807, 2.05) is 6.07 Å². The van der Waals surface area contributed by atoms with E-state index in [9.17, 15) is 18.4 Å². The van der Waals surface area contributed by atoms with Gasteiger partial charge in [0.2, 0.25) is 0 Å². The highest BCUT2D eigenvalue weighted by Gasteiger charge is 2.59. The maximum atomic E-state index is 13.8. The van der Waals surface area contributed by atoms with Crippen molar-refractivity contribution in [2.75, 3.05) is 13.7 Å². The molecular weight excluding hydrogens is 434 g/mol. The predicted molar refractivity (Wildman–Crippen MR) is 105 cm³/mol. The van der Waals surface area contributed by atoms with Crippen LogP contribution in [-0.4, -0.2) is 36.5 Å². The lowest BCUT2D eigenvalue weighted by Crippen LogP contribution is -2.56. The van der Waals surface area contributed by atoms with Gasteiger partial charge in [0.25, 0.3) is 0 Å². The minimum atomic E-state index is -4.01. The molecule has 5 rings (SSSR count). The van der Waals surface area contributed by atoms with Crippen molar-refractivity contribution in [2.24, 2.45) is 17.3 Å². The fraction of sp³-hybridized carbons (Fsp3) is 0.619. The van der Waals surface area contributed by atoms with Gasteiger partial charge in [-0.05, 0) is 79.5 Å². The molecule has 0 saturated heterocycles. The van der Waals surface area contributed by atoms with Crippen molar-refractivity contribution in [3.8, 4) is 5.75 Å². The highest BCUT2D eigenvalue weighted by atomic mass is 32.2. The van der Waals surface area contributed by atoms with Crippen LogP contribution in [0.25, 0.3) is 0 Å². The first-order valence-corrected chi connectivity index (χ1v) is 10.8. The summed E-state index contributed by atoms with van der Waals surface area (Å²) < 4.78 is 41.8. The molecule has 1 N–H and O–H groups in total. The highest BCUT2D eigenvalue weighted by Crippen LogP contribution is 2.66. The Morgan fingerprint density at radius 3 is 2.61 bits per heavy atom. The lowest BCUT2D eigenvalue weighted by atomic mass is 9.43. The Morgan fingerprint density at radius 2 is 2.00 bits per heavy atom. The largest absolute Gasteiger partial charge is 0.497 e. The van der Waals surface area contributed by atoms with Gasteiger partial charge in [0.1, 0.15) is 24.1 Å². The first-order chi connectivity index (χ1) is 14.7. The standard InChI is InChI=1S/C21H24F2O7S/c1-27-16-3-2-15(10-24)17(5-16)20-8-13-4-14(9-20)7-19(6-13,11-20)12-28-18(25)21(22,23)31-30-29-26/h2-3,5,10,13-14,26H,4,6-9,11-12H2,1H3. The van der Waals surface area contributed by atoms with Crippen LogP contribution in [0.2, 0.25) is 0 Å². The number of hydrogen-bond acceptors (Lipinski definition) is 8. The number of aldehydes is 1. The molecule has 0 aromatic heterocycles. The lowest BCUT2D eigenvalue weighted by Gasteiger charge is -2.62. The lowest BCUT2D eigenvalue weighted by molar-refractivity contribution is -0.433. The third-order valence-corrected chi connectivity index (χ3v) is 7.56. The van der Waals surface area contributed by atoms with Crippen molar-refractivity contribution < 1.29 is 42.5 Å². The molecule has 31 heavy (non-hydrogen) atoms. The van der Waals surface area contributed by atoms with Gasteiger partial charge in [-0.2, -0.15) is 8.78 Å². The molecule has 0 aliphatic heterocycles. The van der Waals surface area contributed by atoms with Crippen molar-refractivity contribution in [3.63, 3.8) is 0 Å². The van der Waals surface area contributed by atoms with Crippen LogP contribution in [0, 0.1) is 17.3 Å². The molecule has 4 bridgehead atoms. The molecule has 1 aromatic carbocycles. The van der Waals surface area contributed by atoms with E-state index in [-0.39, 0.29) is 12.0 Å². The third-order valence-electron chi connectivity index (χ3n) is 7.06. The van der Waals surface area contributed by atoms with Gasteiger partial charge in [0.05, 0.1) is 13.7 Å². The summed E-state index contributed by atoms with van der Waals surface area (Å²) in [6.07, 6.45) is 6.00. The third kappa shape index (κ3) is 4.18. The maximum Gasteiger partial charge on any atom is 0.415 e. The Kier molecular flexibility index (Phi) is 6.01. The van der Waals surface area contributed by atoms with Gasteiger partial charge < -0.3 is 9.47 Å².